The van der Waals surface area contributed by atoms with Crippen molar-refractivity contribution >= 4 is 0 Å². The minimum atomic E-state index is 0.706. The zero-order valence-electron chi connectivity index (χ0n) is 9.73. The van der Waals surface area contributed by atoms with Gasteiger partial charge in [0.2, 0.25) is 0 Å². The van der Waals surface area contributed by atoms with Crippen molar-refractivity contribution < 1.29 is 4.74 Å². The summed E-state index contributed by atoms with van der Waals surface area (Å²) < 4.78 is 5.50. The lowest BCUT2D eigenvalue weighted by Gasteiger charge is -2.06. The molecule has 0 aromatic heterocycles. The van der Waals surface area contributed by atoms with Gasteiger partial charge in [-0.2, -0.15) is 0 Å². The van der Waals surface area contributed by atoms with E-state index in [4.69, 9.17) is 4.74 Å². The largest absolute Gasteiger partial charge is 0.494 e. The van der Waals surface area contributed by atoms with Gasteiger partial charge in [-0.1, -0.05) is 42.0 Å². The minimum Gasteiger partial charge on any atom is -0.494 e. The van der Waals surface area contributed by atoms with Crippen molar-refractivity contribution in [2.24, 2.45) is 0 Å². The van der Waals surface area contributed by atoms with Gasteiger partial charge in [-0.3, -0.25) is 0 Å². The van der Waals surface area contributed by atoms with Crippen LogP contribution in [0.4, 0.5) is 0 Å². The van der Waals surface area contributed by atoms with Gasteiger partial charge in [0.1, 0.15) is 5.75 Å². The quantitative estimate of drug-likeness (QED) is 0.745. The Labute approximate surface area is 96.7 Å². The van der Waals surface area contributed by atoms with Crippen molar-refractivity contribution in [3.63, 3.8) is 0 Å². The Kier molecular flexibility index (Phi) is 3.25. The molecule has 0 aliphatic rings. The van der Waals surface area contributed by atoms with Crippen molar-refractivity contribution in [3.05, 3.63) is 54.1 Å². The number of hydrogen-bond donors (Lipinski definition) is 0. The van der Waals surface area contributed by atoms with E-state index < -0.39 is 0 Å². The SMILES string of the molecule is CCOc1cccc(-c2cccc(C)c2)c1. The molecule has 1 heteroatoms. The zero-order chi connectivity index (χ0) is 11.4. The Morgan fingerprint density at radius 2 is 1.62 bits per heavy atom. The van der Waals surface area contributed by atoms with Crippen molar-refractivity contribution in [1.82, 2.24) is 0 Å². The number of ether oxygens (including phenoxy) is 1. The Bertz CT molecular complexity index is 474. The number of hydrogen-bond acceptors (Lipinski definition) is 1. The van der Waals surface area contributed by atoms with E-state index in [0.717, 1.165) is 5.75 Å². The van der Waals surface area contributed by atoms with Crippen LogP contribution in [-0.4, -0.2) is 6.61 Å². The van der Waals surface area contributed by atoms with Gasteiger partial charge in [0, 0.05) is 0 Å². The molecule has 0 heterocycles. The molecule has 2 rings (SSSR count). The summed E-state index contributed by atoms with van der Waals surface area (Å²) in [5.74, 6) is 0.932. The molecule has 0 saturated heterocycles. The second-order valence-corrected chi connectivity index (χ2v) is 3.83. The summed E-state index contributed by atoms with van der Waals surface area (Å²) in [5, 5.41) is 0. The standard InChI is InChI=1S/C15H16O/c1-3-16-15-9-5-8-14(11-15)13-7-4-6-12(2)10-13/h4-11H,3H2,1-2H3. The van der Waals surface area contributed by atoms with Crippen molar-refractivity contribution in [2.75, 3.05) is 6.61 Å². The number of aryl methyl sites for hydroxylation is 1. The van der Waals surface area contributed by atoms with Crippen molar-refractivity contribution in [2.45, 2.75) is 13.8 Å². The van der Waals surface area contributed by atoms with Gasteiger partial charge >= 0.3 is 0 Å². The third kappa shape index (κ3) is 2.43. The van der Waals surface area contributed by atoms with Gasteiger partial charge in [-0.25, -0.2) is 0 Å². The van der Waals surface area contributed by atoms with Gasteiger partial charge in [0.05, 0.1) is 6.61 Å². The third-order valence-electron chi connectivity index (χ3n) is 2.50. The molecule has 2 aromatic carbocycles. The van der Waals surface area contributed by atoms with Crippen LogP contribution in [0.1, 0.15) is 12.5 Å². The second kappa shape index (κ2) is 4.84. The van der Waals surface area contributed by atoms with Crippen LogP contribution in [0.15, 0.2) is 48.5 Å². The van der Waals surface area contributed by atoms with Crippen LogP contribution in [0.3, 0.4) is 0 Å². The van der Waals surface area contributed by atoms with Crippen LogP contribution in [-0.2, 0) is 0 Å². The molecule has 0 bridgehead atoms. The maximum Gasteiger partial charge on any atom is 0.119 e. The molecule has 0 aliphatic carbocycles. The van der Waals surface area contributed by atoms with Gasteiger partial charge < -0.3 is 4.74 Å². The van der Waals surface area contributed by atoms with E-state index in [1.165, 1.54) is 16.7 Å². The normalized spacial score (nSPS) is 10.1. The fourth-order valence-corrected chi connectivity index (χ4v) is 1.76. The highest BCUT2D eigenvalue weighted by molar-refractivity contribution is 5.65. The van der Waals surface area contributed by atoms with Gasteiger partial charge in [-0.15, -0.1) is 0 Å². The molecule has 0 spiro atoms. The van der Waals surface area contributed by atoms with Crippen molar-refractivity contribution in [1.29, 1.82) is 0 Å². The third-order valence-corrected chi connectivity index (χ3v) is 2.50. The Hall–Kier alpha value is -1.76. The van der Waals surface area contributed by atoms with E-state index in [-0.39, 0.29) is 0 Å². The lowest BCUT2D eigenvalue weighted by Crippen LogP contribution is -1.91. The molecule has 0 unspecified atom stereocenters. The molecule has 0 fully saturated rings. The van der Waals surface area contributed by atoms with Gasteiger partial charge in [0.25, 0.3) is 0 Å². The molecule has 0 aliphatic heterocycles. The Morgan fingerprint density at radius 3 is 2.31 bits per heavy atom. The summed E-state index contributed by atoms with van der Waals surface area (Å²) in [4.78, 5) is 0. The summed E-state index contributed by atoms with van der Waals surface area (Å²) in [7, 11) is 0. The zero-order valence-corrected chi connectivity index (χ0v) is 9.73. The fraction of sp³-hybridized carbons (Fsp3) is 0.200. The second-order valence-electron chi connectivity index (χ2n) is 3.83. The minimum absolute atomic E-state index is 0.706. The Balaban J connectivity index is 2.36. The molecule has 0 amide bonds. The van der Waals surface area contributed by atoms with Crippen molar-refractivity contribution in [3.8, 4) is 16.9 Å². The van der Waals surface area contributed by atoms with E-state index in [1.54, 1.807) is 0 Å². The molecule has 0 radical (unpaired) electrons. The highest BCUT2D eigenvalue weighted by Crippen LogP contribution is 2.24. The van der Waals surface area contributed by atoms with Crippen LogP contribution in [0.5, 0.6) is 5.75 Å². The van der Waals surface area contributed by atoms with Crippen LogP contribution in [0.25, 0.3) is 11.1 Å². The lowest BCUT2D eigenvalue weighted by atomic mass is 10.0. The van der Waals surface area contributed by atoms with Gasteiger partial charge in [0.15, 0.2) is 0 Å². The molecule has 0 saturated carbocycles. The molecule has 0 atom stereocenters. The molecule has 82 valence electrons. The molecule has 16 heavy (non-hydrogen) atoms. The average molecular weight is 212 g/mol. The van der Waals surface area contributed by atoms with Crippen LogP contribution >= 0.6 is 0 Å². The summed E-state index contributed by atoms with van der Waals surface area (Å²) in [5.41, 5.74) is 3.72. The van der Waals surface area contributed by atoms with E-state index in [2.05, 4.69) is 43.3 Å². The van der Waals surface area contributed by atoms with E-state index >= 15 is 0 Å². The molecule has 0 N–H and O–H groups in total. The molecule has 1 nitrogen and oxygen atoms in total. The number of benzene rings is 2. The first-order valence-electron chi connectivity index (χ1n) is 5.59. The first kappa shape index (κ1) is 10.7. The van der Waals surface area contributed by atoms with E-state index in [1.807, 2.05) is 19.1 Å². The first-order chi connectivity index (χ1) is 7.79. The predicted molar refractivity (Wildman–Crippen MR) is 67.8 cm³/mol. The maximum atomic E-state index is 5.50. The van der Waals surface area contributed by atoms with E-state index in [0.29, 0.717) is 6.61 Å². The molecule has 2 aromatic rings. The Morgan fingerprint density at radius 1 is 0.938 bits per heavy atom. The first-order valence-corrected chi connectivity index (χ1v) is 5.59. The molecular weight excluding hydrogens is 196 g/mol. The highest BCUT2D eigenvalue weighted by atomic mass is 16.5. The summed E-state index contributed by atoms with van der Waals surface area (Å²) in [6, 6.07) is 16.7. The summed E-state index contributed by atoms with van der Waals surface area (Å²) >= 11 is 0. The monoisotopic (exact) mass is 212 g/mol. The van der Waals surface area contributed by atoms with Crippen LogP contribution in [0.2, 0.25) is 0 Å². The highest BCUT2D eigenvalue weighted by Gasteiger charge is 1.99. The maximum absolute atomic E-state index is 5.50. The summed E-state index contributed by atoms with van der Waals surface area (Å²) in [6.45, 7) is 4.81. The topological polar surface area (TPSA) is 9.23 Å². The van der Waals surface area contributed by atoms with E-state index in [9.17, 15) is 0 Å². The average Bonchev–Trinajstić information content (AvgIpc) is 2.30. The smallest absolute Gasteiger partial charge is 0.119 e. The van der Waals surface area contributed by atoms with Crippen LogP contribution in [0, 0.1) is 6.92 Å². The van der Waals surface area contributed by atoms with Crippen LogP contribution < -0.4 is 4.74 Å². The predicted octanol–water partition coefficient (Wildman–Crippen LogP) is 4.06. The van der Waals surface area contributed by atoms with Gasteiger partial charge in [-0.05, 0) is 37.1 Å². The number of rotatable bonds is 3. The summed E-state index contributed by atoms with van der Waals surface area (Å²) in [6.07, 6.45) is 0. The fourth-order valence-electron chi connectivity index (χ4n) is 1.76. The molecular formula is C15H16O. The lowest BCUT2D eigenvalue weighted by molar-refractivity contribution is 0.340.